The first-order valence-corrected chi connectivity index (χ1v) is 7.46. The van der Waals surface area contributed by atoms with Crippen molar-refractivity contribution in [2.24, 2.45) is 5.41 Å². The molecule has 1 aromatic heterocycles. The van der Waals surface area contributed by atoms with Crippen LogP contribution in [0.2, 0.25) is 0 Å². The number of carbonyl (C=O) groups excluding carboxylic acids is 1. The second kappa shape index (κ2) is 5.13. The van der Waals surface area contributed by atoms with Crippen LogP contribution in [0.5, 0.6) is 0 Å². The van der Waals surface area contributed by atoms with Crippen molar-refractivity contribution < 1.29 is 9.42 Å². The van der Waals surface area contributed by atoms with Crippen LogP contribution in [0.25, 0.3) is 11.0 Å². The highest BCUT2D eigenvalue weighted by Gasteiger charge is 2.30. The first kappa shape index (κ1) is 14.0. The molecule has 112 valence electrons. The molecule has 0 unspecified atom stereocenters. The van der Waals surface area contributed by atoms with E-state index in [0.29, 0.717) is 28.1 Å². The molecule has 1 aliphatic rings. The monoisotopic (exact) mass is 287 g/mol. The van der Waals surface area contributed by atoms with Gasteiger partial charge in [0.25, 0.3) is 5.91 Å². The van der Waals surface area contributed by atoms with Gasteiger partial charge in [0.05, 0.1) is 0 Å². The molecule has 0 atom stereocenters. The summed E-state index contributed by atoms with van der Waals surface area (Å²) in [6.45, 7) is 4.60. The topological polar surface area (TPSA) is 59.2 Å². The van der Waals surface area contributed by atoms with E-state index in [1.54, 1.807) is 18.2 Å². The molecule has 1 saturated carbocycles. The average molecular weight is 287 g/mol. The molecule has 1 heterocycles. The van der Waals surface area contributed by atoms with Crippen LogP contribution in [0.4, 0.5) is 0 Å². The fourth-order valence-corrected chi connectivity index (χ4v) is 3.06. The van der Waals surface area contributed by atoms with E-state index in [1.807, 2.05) is 11.9 Å². The molecule has 2 aromatic rings. The molecule has 3 rings (SSSR count). The Morgan fingerprint density at radius 1 is 1.24 bits per heavy atom. The van der Waals surface area contributed by atoms with Crippen molar-refractivity contribution >= 4 is 16.9 Å². The Morgan fingerprint density at radius 3 is 2.62 bits per heavy atom. The zero-order chi connectivity index (χ0) is 15.0. The van der Waals surface area contributed by atoms with E-state index >= 15 is 0 Å². The highest BCUT2D eigenvalue weighted by atomic mass is 16.6. The van der Waals surface area contributed by atoms with Gasteiger partial charge in [0.2, 0.25) is 0 Å². The van der Waals surface area contributed by atoms with Crippen LogP contribution in [0, 0.1) is 5.41 Å². The van der Waals surface area contributed by atoms with Crippen LogP contribution < -0.4 is 0 Å². The first-order chi connectivity index (χ1) is 9.96. The maximum atomic E-state index is 12.6. The van der Waals surface area contributed by atoms with Crippen molar-refractivity contribution in [1.29, 1.82) is 0 Å². The van der Waals surface area contributed by atoms with Crippen molar-refractivity contribution in [1.82, 2.24) is 15.2 Å². The standard InChI is InChI=1S/C16H21N3O2/c1-16(2)8-6-12(7-9-16)19(3)15(20)11-4-5-13-14(10-11)18-21-17-13/h4-5,10,12H,6-9H2,1-3H3. The number of benzene rings is 1. The number of hydrogen-bond acceptors (Lipinski definition) is 4. The van der Waals surface area contributed by atoms with Crippen molar-refractivity contribution in [3.8, 4) is 0 Å². The fourth-order valence-electron chi connectivity index (χ4n) is 3.06. The average Bonchev–Trinajstić information content (AvgIpc) is 2.93. The zero-order valence-electron chi connectivity index (χ0n) is 12.8. The number of hydrogen-bond donors (Lipinski definition) is 0. The summed E-state index contributed by atoms with van der Waals surface area (Å²) in [5, 5.41) is 7.55. The Hall–Kier alpha value is -1.91. The summed E-state index contributed by atoms with van der Waals surface area (Å²) < 4.78 is 4.67. The molecule has 1 aromatic carbocycles. The van der Waals surface area contributed by atoms with Gasteiger partial charge in [-0.3, -0.25) is 4.79 Å². The smallest absolute Gasteiger partial charge is 0.253 e. The molecule has 21 heavy (non-hydrogen) atoms. The zero-order valence-corrected chi connectivity index (χ0v) is 12.8. The summed E-state index contributed by atoms with van der Waals surface area (Å²) in [6, 6.07) is 5.64. The van der Waals surface area contributed by atoms with Crippen molar-refractivity contribution in [3.63, 3.8) is 0 Å². The predicted octanol–water partition coefficient (Wildman–Crippen LogP) is 3.26. The predicted molar refractivity (Wildman–Crippen MR) is 79.9 cm³/mol. The number of fused-ring (bicyclic) bond motifs is 1. The van der Waals surface area contributed by atoms with Gasteiger partial charge < -0.3 is 4.90 Å². The molecule has 0 spiro atoms. The van der Waals surface area contributed by atoms with Gasteiger partial charge >= 0.3 is 0 Å². The Kier molecular flexibility index (Phi) is 3.43. The second-order valence-corrected chi connectivity index (χ2v) is 6.78. The molecule has 0 N–H and O–H groups in total. The number of amides is 1. The van der Waals surface area contributed by atoms with Gasteiger partial charge in [0.15, 0.2) is 0 Å². The van der Waals surface area contributed by atoms with Crippen LogP contribution in [-0.4, -0.2) is 34.2 Å². The minimum absolute atomic E-state index is 0.0459. The number of aromatic nitrogens is 2. The van der Waals surface area contributed by atoms with Gasteiger partial charge in [-0.25, -0.2) is 4.63 Å². The van der Waals surface area contributed by atoms with Crippen LogP contribution in [0.1, 0.15) is 49.9 Å². The summed E-state index contributed by atoms with van der Waals surface area (Å²) in [6.07, 6.45) is 4.48. The Morgan fingerprint density at radius 2 is 1.90 bits per heavy atom. The van der Waals surface area contributed by atoms with Crippen molar-refractivity contribution in [2.75, 3.05) is 7.05 Å². The fraction of sp³-hybridized carbons (Fsp3) is 0.562. The highest BCUT2D eigenvalue weighted by molar-refractivity contribution is 5.97. The van der Waals surface area contributed by atoms with E-state index in [9.17, 15) is 4.79 Å². The lowest BCUT2D eigenvalue weighted by Gasteiger charge is -2.38. The maximum absolute atomic E-state index is 12.6. The lowest BCUT2D eigenvalue weighted by atomic mass is 9.75. The van der Waals surface area contributed by atoms with Gasteiger partial charge in [-0.1, -0.05) is 13.8 Å². The summed E-state index contributed by atoms with van der Waals surface area (Å²) >= 11 is 0. The SMILES string of the molecule is CN(C(=O)c1ccc2nonc2c1)C1CCC(C)(C)CC1. The van der Waals surface area contributed by atoms with Gasteiger partial charge in [0, 0.05) is 18.7 Å². The van der Waals surface area contributed by atoms with E-state index in [2.05, 4.69) is 28.8 Å². The van der Waals surface area contributed by atoms with Crippen molar-refractivity contribution in [2.45, 2.75) is 45.6 Å². The molecule has 1 fully saturated rings. The number of carbonyl (C=O) groups is 1. The maximum Gasteiger partial charge on any atom is 0.253 e. The van der Waals surface area contributed by atoms with E-state index in [0.717, 1.165) is 12.8 Å². The Balaban J connectivity index is 1.75. The molecule has 0 saturated heterocycles. The highest BCUT2D eigenvalue weighted by Crippen LogP contribution is 2.36. The first-order valence-electron chi connectivity index (χ1n) is 7.46. The summed E-state index contributed by atoms with van der Waals surface area (Å²) in [4.78, 5) is 14.5. The van der Waals surface area contributed by atoms with Gasteiger partial charge in [-0.2, -0.15) is 0 Å². The third-order valence-corrected chi connectivity index (χ3v) is 4.68. The molecule has 5 heteroatoms. The number of nitrogens with zero attached hydrogens (tertiary/aromatic N) is 3. The third kappa shape index (κ3) is 2.77. The third-order valence-electron chi connectivity index (χ3n) is 4.68. The van der Waals surface area contributed by atoms with Gasteiger partial charge in [-0.15, -0.1) is 0 Å². The van der Waals surface area contributed by atoms with E-state index in [-0.39, 0.29) is 5.91 Å². The van der Waals surface area contributed by atoms with E-state index in [1.165, 1.54) is 12.8 Å². The Bertz CT molecular complexity index is 652. The molecule has 0 radical (unpaired) electrons. The molecule has 1 aliphatic carbocycles. The minimum atomic E-state index is 0.0459. The molecule has 0 aliphatic heterocycles. The second-order valence-electron chi connectivity index (χ2n) is 6.78. The minimum Gasteiger partial charge on any atom is -0.339 e. The van der Waals surface area contributed by atoms with E-state index in [4.69, 9.17) is 0 Å². The lowest BCUT2D eigenvalue weighted by molar-refractivity contribution is 0.0635. The molecule has 1 amide bonds. The quantitative estimate of drug-likeness (QED) is 0.850. The summed E-state index contributed by atoms with van der Waals surface area (Å²) in [5.41, 5.74) is 2.35. The largest absolute Gasteiger partial charge is 0.339 e. The summed E-state index contributed by atoms with van der Waals surface area (Å²) in [7, 11) is 1.90. The van der Waals surface area contributed by atoms with Gasteiger partial charge in [0.1, 0.15) is 11.0 Å². The molecule has 0 bridgehead atoms. The Labute approximate surface area is 124 Å². The number of rotatable bonds is 2. The molecular weight excluding hydrogens is 266 g/mol. The molecular formula is C16H21N3O2. The molecule has 5 nitrogen and oxygen atoms in total. The normalized spacial score (nSPS) is 18.8. The lowest BCUT2D eigenvalue weighted by Crippen LogP contribution is -2.40. The van der Waals surface area contributed by atoms with Crippen LogP contribution in [0.3, 0.4) is 0 Å². The van der Waals surface area contributed by atoms with Crippen molar-refractivity contribution in [3.05, 3.63) is 23.8 Å². The van der Waals surface area contributed by atoms with Crippen LogP contribution >= 0.6 is 0 Å². The van der Waals surface area contributed by atoms with Crippen LogP contribution in [0.15, 0.2) is 22.8 Å². The summed E-state index contributed by atoms with van der Waals surface area (Å²) in [5.74, 6) is 0.0459. The van der Waals surface area contributed by atoms with Gasteiger partial charge in [-0.05, 0) is 59.6 Å². The van der Waals surface area contributed by atoms with Crippen LogP contribution in [-0.2, 0) is 0 Å². The van der Waals surface area contributed by atoms with E-state index < -0.39 is 0 Å².